The highest BCUT2D eigenvalue weighted by Crippen LogP contribution is 2.14. The van der Waals surface area contributed by atoms with Crippen molar-refractivity contribution in [2.75, 3.05) is 0 Å². The molecule has 0 amide bonds. The lowest BCUT2D eigenvalue weighted by molar-refractivity contribution is -0.132. The van der Waals surface area contributed by atoms with Gasteiger partial charge in [-0.25, -0.2) is 4.79 Å². The fourth-order valence-electron chi connectivity index (χ4n) is 0.842. The maximum absolute atomic E-state index is 10.4. The molecule has 0 heterocycles. The molecule has 1 aliphatic rings. The second-order valence-corrected chi connectivity index (χ2v) is 1.95. The number of aliphatic carboxylic acids is 1. The lowest BCUT2D eigenvalue weighted by Gasteiger charge is -2.00. The number of carboxylic acids is 1. The Morgan fingerprint density at radius 3 is 2.90 bits per heavy atom. The van der Waals surface area contributed by atoms with E-state index >= 15 is 0 Å². The highest BCUT2D eigenvalue weighted by Gasteiger charge is 2.13. The highest BCUT2D eigenvalue weighted by atomic mass is 16.4. The molecular formula is C6H8N2O2. The van der Waals surface area contributed by atoms with E-state index in [1.807, 2.05) is 0 Å². The standard InChI is InChI=1S/C6H8N2O2/c7-8-5-3-1-2-4(5)6(9)10/h1-2,8H,3,7H2,(H,9,10). The van der Waals surface area contributed by atoms with E-state index in [0.717, 1.165) is 0 Å². The molecule has 1 rings (SSSR count). The third-order valence-corrected chi connectivity index (χ3v) is 1.34. The first-order valence-electron chi connectivity index (χ1n) is 2.85. The number of rotatable bonds is 2. The van der Waals surface area contributed by atoms with Gasteiger partial charge in [0.25, 0.3) is 0 Å². The molecule has 0 spiro atoms. The Hall–Kier alpha value is -1.29. The van der Waals surface area contributed by atoms with E-state index in [1.54, 1.807) is 6.08 Å². The van der Waals surface area contributed by atoms with Crippen LogP contribution in [0.5, 0.6) is 0 Å². The number of hydrogen-bond acceptors (Lipinski definition) is 3. The lowest BCUT2D eigenvalue weighted by atomic mass is 10.2. The van der Waals surface area contributed by atoms with Crippen LogP contribution in [0.1, 0.15) is 6.42 Å². The van der Waals surface area contributed by atoms with Crippen LogP contribution in [-0.4, -0.2) is 11.1 Å². The summed E-state index contributed by atoms with van der Waals surface area (Å²) in [6.07, 6.45) is 3.87. The van der Waals surface area contributed by atoms with Crippen LogP contribution < -0.4 is 11.3 Å². The Labute approximate surface area is 58.0 Å². The van der Waals surface area contributed by atoms with Gasteiger partial charge in [0.15, 0.2) is 0 Å². The average molecular weight is 140 g/mol. The van der Waals surface area contributed by atoms with E-state index in [-0.39, 0.29) is 5.57 Å². The van der Waals surface area contributed by atoms with Crippen molar-refractivity contribution in [1.29, 1.82) is 0 Å². The Bertz CT molecular complexity index is 218. The van der Waals surface area contributed by atoms with Crippen molar-refractivity contribution >= 4 is 5.97 Å². The molecule has 1 aliphatic carbocycles. The summed E-state index contributed by atoms with van der Waals surface area (Å²) in [5, 5.41) is 8.51. The van der Waals surface area contributed by atoms with Crippen molar-refractivity contribution in [3.8, 4) is 0 Å². The van der Waals surface area contributed by atoms with Crippen LogP contribution in [0.3, 0.4) is 0 Å². The predicted molar refractivity (Wildman–Crippen MR) is 35.7 cm³/mol. The van der Waals surface area contributed by atoms with Crippen LogP contribution in [0, 0.1) is 0 Å². The van der Waals surface area contributed by atoms with Crippen LogP contribution in [0.15, 0.2) is 23.4 Å². The van der Waals surface area contributed by atoms with Gasteiger partial charge < -0.3 is 10.5 Å². The van der Waals surface area contributed by atoms with Gasteiger partial charge in [-0.05, 0) is 6.08 Å². The molecule has 0 aromatic rings. The van der Waals surface area contributed by atoms with Gasteiger partial charge in [-0.1, -0.05) is 6.08 Å². The smallest absolute Gasteiger partial charge is 0.337 e. The molecule has 10 heavy (non-hydrogen) atoms. The molecule has 4 heteroatoms. The lowest BCUT2D eigenvalue weighted by Crippen LogP contribution is -2.22. The first kappa shape index (κ1) is 6.82. The Balaban J connectivity index is 2.87. The fraction of sp³-hybridized carbons (Fsp3) is 0.167. The highest BCUT2D eigenvalue weighted by molar-refractivity contribution is 5.91. The van der Waals surface area contributed by atoms with Crippen LogP contribution in [-0.2, 0) is 4.79 Å². The maximum atomic E-state index is 10.4. The van der Waals surface area contributed by atoms with Gasteiger partial charge in [-0.2, -0.15) is 0 Å². The summed E-state index contributed by atoms with van der Waals surface area (Å²) in [5.41, 5.74) is 3.15. The molecule has 0 aromatic carbocycles. The zero-order valence-corrected chi connectivity index (χ0v) is 5.29. The normalized spacial score (nSPS) is 16.1. The molecule has 4 nitrogen and oxygen atoms in total. The molecule has 54 valence electrons. The first-order chi connectivity index (χ1) is 4.75. The molecule has 0 saturated carbocycles. The molecule has 4 N–H and O–H groups in total. The fourth-order valence-corrected chi connectivity index (χ4v) is 0.842. The molecule has 0 unspecified atom stereocenters. The summed E-state index contributed by atoms with van der Waals surface area (Å²) < 4.78 is 0. The topological polar surface area (TPSA) is 75.3 Å². The summed E-state index contributed by atoms with van der Waals surface area (Å²) in [6, 6.07) is 0. The van der Waals surface area contributed by atoms with E-state index < -0.39 is 5.97 Å². The number of hydrazine groups is 1. The van der Waals surface area contributed by atoms with Crippen LogP contribution in [0.4, 0.5) is 0 Å². The molecule has 0 saturated heterocycles. The number of nitrogens with two attached hydrogens (primary N) is 1. The van der Waals surface area contributed by atoms with Crippen molar-refractivity contribution in [3.63, 3.8) is 0 Å². The Kier molecular flexibility index (Phi) is 1.73. The Morgan fingerprint density at radius 1 is 1.80 bits per heavy atom. The summed E-state index contributed by atoms with van der Waals surface area (Å²) >= 11 is 0. The first-order valence-corrected chi connectivity index (χ1v) is 2.85. The number of carboxylic acid groups (broad SMARTS) is 1. The summed E-state index contributed by atoms with van der Waals surface area (Å²) in [5.74, 6) is 4.11. The van der Waals surface area contributed by atoms with Crippen molar-refractivity contribution in [3.05, 3.63) is 23.4 Å². The number of allylic oxidation sites excluding steroid dienone is 1. The zero-order valence-electron chi connectivity index (χ0n) is 5.29. The minimum atomic E-state index is -0.943. The van der Waals surface area contributed by atoms with E-state index in [4.69, 9.17) is 10.9 Å². The molecule has 0 aromatic heterocycles. The molecular weight excluding hydrogens is 132 g/mol. The van der Waals surface area contributed by atoms with E-state index in [1.165, 1.54) is 6.08 Å². The van der Waals surface area contributed by atoms with Crippen molar-refractivity contribution in [2.24, 2.45) is 5.84 Å². The number of nitrogens with one attached hydrogen (secondary N) is 1. The van der Waals surface area contributed by atoms with E-state index in [9.17, 15) is 4.79 Å². The summed E-state index contributed by atoms with van der Waals surface area (Å²) in [6.45, 7) is 0. The van der Waals surface area contributed by atoms with Crippen molar-refractivity contribution < 1.29 is 9.90 Å². The Morgan fingerprint density at radius 2 is 2.50 bits per heavy atom. The summed E-state index contributed by atoms with van der Waals surface area (Å²) in [4.78, 5) is 10.4. The predicted octanol–water partition coefficient (Wildman–Crippen LogP) is -0.252. The van der Waals surface area contributed by atoms with Crippen LogP contribution in [0.2, 0.25) is 0 Å². The van der Waals surface area contributed by atoms with Crippen molar-refractivity contribution in [1.82, 2.24) is 5.43 Å². The summed E-state index contributed by atoms with van der Waals surface area (Å²) in [7, 11) is 0. The van der Waals surface area contributed by atoms with E-state index in [0.29, 0.717) is 12.1 Å². The monoisotopic (exact) mass is 140 g/mol. The second kappa shape index (κ2) is 2.53. The van der Waals surface area contributed by atoms with Crippen LogP contribution in [0.25, 0.3) is 0 Å². The molecule has 0 bridgehead atoms. The average Bonchev–Trinajstić information content (AvgIpc) is 2.33. The van der Waals surface area contributed by atoms with Gasteiger partial charge in [-0.15, -0.1) is 0 Å². The number of hydrogen-bond donors (Lipinski definition) is 3. The van der Waals surface area contributed by atoms with Gasteiger partial charge in [0.05, 0.1) is 5.57 Å². The third kappa shape index (κ3) is 1.01. The van der Waals surface area contributed by atoms with Crippen LogP contribution >= 0.6 is 0 Å². The molecule has 0 atom stereocenters. The van der Waals surface area contributed by atoms with E-state index in [2.05, 4.69) is 5.43 Å². The SMILES string of the molecule is NNC1=C(C(=O)O)C=CC1. The quantitative estimate of drug-likeness (QED) is 0.365. The van der Waals surface area contributed by atoms with Crippen molar-refractivity contribution in [2.45, 2.75) is 6.42 Å². The van der Waals surface area contributed by atoms with Gasteiger partial charge in [-0.3, -0.25) is 5.84 Å². The van der Waals surface area contributed by atoms with Gasteiger partial charge >= 0.3 is 5.97 Å². The number of carbonyl (C=O) groups is 1. The van der Waals surface area contributed by atoms with Gasteiger partial charge in [0.2, 0.25) is 0 Å². The largest absolute Gasteiger partial charge is 0.478 e. The van der Waals surface area contributed by atoms with Gasteiger partial charge in [0, 0.05) is 12.1 Å². The molecule has 0 aliphatic heterocycles. The maximum Gasteiger partial charge on any atom is 0.337 e. The molecule has 0 radical (unpaired) electrons. The second-order valence-electron chi connectivity index (χ2n) is 1.95. The third-order valence-electron chi connectivity index (χ3n) is 1.34. The minimum absolute atomic E-state index is 0.252. The molecule has 0 fully saturated rings. The zero-order chi connectivity index (χ0) is 7.56. The minimum Gasteiger partial charge on any atom is -0.478 e. The van der Waals surface area contributed by atoms with Gasteiger partial charge in [0.1, 0.15) is 0 Å².